The Morgan fingerprint density at radius 1 is 1.56 bits per heavy atom. The lowest BCUT2D eigenvalue weighted by molar-refractivity contribution is 0.161. The average molecular weight is 224 g/mol. The fraction of sp³-hybridized carbons (Fsp3) is 0.500. The van der Waals surface area contributed by atoms with Crippen LogP contribution in [-0.4, -0.2) is 26.8 Å². The standard InChI is InChI=1S/C12H17FN2O/c1-16-8-9-4-5-15(7-9)12-6-10(13)2-3-11(12)14/h2-3,6,9H,4-5,7-8,14H2,1H3. The summed E-state index contributed by atoms with van der Waals surface area (Å²) in [4.78, 5) is 2.13. The van der Waals surface area contributed by atoms with E-state index >= 15 is 0 Å². The third kappa shape index (κ3) is 2.27. The van der Waals surface area contributed by atoms with E-state index in [-0.39, 0.29) is 5.82 Å². The third-order valence-corrected chi connectivity index (χ3v) is 3.02. The van der Waals surface area contributed by atoms with Gasteiger partial charge in [-0.2, -0.15) is 0 Å². The first-order valence-corrected chi connectivity index (χ1v) is 5.49. The molecule has 4 heteroatoms. The Morgan fingerprint density at radius 2 is 2.38 bits per heavy atom. The molecule has 1 aromatic carbocycles. The number of methoxy groups -OCH3 is 1. The van der Waals surface area contributed by atoms with Gasteiger partial charge in [-0.25, -0.2) is 4.39 Å². The lowest BCUT2D eigenvalue weighted by Gasteiger charge is -2.20. The predicted molar refractivity (Wildman–Crippen MR) is 63.0 cm³/mol. The summed E-state index contributed by atoms with van der Waals surface area (Å²) in [5.41, 5.74) is 7.29. The number of nitrogen functional groups attached to an aromatic ring is 1. The molecule has 0 bridgehead atoms. The zero-order chi connectivity index (χ0) is 11.5. The van der Waals surface area contributed by atoms with Gasteiger partial charge < -0.3 is 15.4 Å². The number of rotatable bonds is 3. The number of nitrogens with zero attached hydrogens (tertiary/aromatic N) is 1. The number of anilines is 2. The molecule has 2 rings (SSSR count). The van der Waals surface area contributed by atoms with Crippen LogP contribution in [0.1, 0.15) is 6.42 Å². The lowest BCUT2D eigenvalue weighted by Crippen LogP contribution is -2.22. The summed E-state index contributed by atoms with van der Waals surface area (Å²) in [6.07, 6.45) is 1.07. The van der Waals surface area contributed by atoms with Gasteiger partial charge in [-0.05, 0) is 24.6 Å². The molecule has 1 fully saturated rings. The molecule has 88 valence electrons. The first-order valence-electron chi connectivity index (χ1n) is 5.49. The van der Waals surface area contributed by atoms with Crippen LogP contribution in [0.4, 0.5) is 15.8 Å². The molecule has 1 aliphatic rings. The minimum absolute atomic E-state index is 0.237. The van der Waals surface area contributed by atoms with Crippen molar-refractivity contribution < 1.29 is 9.13 Å². The van der Waals surface area contributed by atoms with Gasteiger partial charge in [0.2, 0.25) is 0 Å². The summed E-state index contributed by atoms with van der Waals surface area (Å²) in [6.45, 7) is 2.56. The molecule has 1 saturated heterocycles. The number of nitrogens with two attached hydrogens (primary N) is 1. The quantitative estimate of drug-likeness (QED) is 0.797. The molecule has 0 aromatic heterocycles. The van der Waals surface area contributed by atoms with Crippen molar-refractivity contribution in [2.45, 2.75) is 6.42 Å². The van der Waals surface area contributed by atoms with E-state index in [0.29, 0.717) is 11.6 Å². The number of ether oxygens (including phenoxy) is 1. The molecule has 1 heterocycles. The Bertz CT molecular complexity index is 370. The maximum absolute atomic E-state index is 13.1. The lowest BCUT2D eigenvalue weighted by atomic mass is 10.1. The zero-order valence-electron chi connectivity index (χ0n) is 9.45. The van der Waals surface area contributed by atoms with Crippen LogP contribution in [0, 0.1) is 11.7 Å². The molecular weight excluding hydrogens is 207 g/mol. The Kier molecular flexibility index (Phi) is 3.29. The zero-order valence-corrected chi connectivity index (χ0v) is 9.45. The number of hydrogen-bond acceptors (Lipinski definition) is 3. The van der Waals surface area contributed by atoms with Crippen LogP contribution in [0.15, 0.2) is 18.2 Å². The molecule has 1 atom stereocenters. The van der Waals surface area contributed by atoms with Crippen molar-refractivity contribution in [3.63, 3.8) is 0 Å². The van der Waals surface area contributed by atoms with E-state index in [1.165, 1.54) is 12.1 Å². The van der Waals surface area contributed by atoms with Gasteiger partial charge in [-0.3, -0.25) is 0 Å². The molecule has 16 heavy (non-hydrogen) atoms. The van der Waals surface area contributed by atoms with Gasteiger partial charge in [0.15, 0.2) is 0 Å². The van der Waals surface area contributed by atoms with Crippen molar-refractivity contribution in [2.24, 2.45) is 5.92 Å². The van der Waals surface area contributed by atoms with Crippen LogP contribution in [-0.2, 0) is 4.74 Å². The Morgan fingerprint density at radius 3 is 3.12 bits per heavy atom. The van der Waals surface area contributed by atoms with Gasteiger partial charge in [0, 0.05) is 26.1 Å². The molecule has 0 amide bonds. The van der Waals surface area contributed by atoms with Crippen LogP contribution >= 0.6 is 0 Å². The normalized spacial score (nSPS) is 20.4. The summed E-state index contributed by atoms with van der Waals surface area (Å²) in [5, 5.41) is 0. The number of hydrogen-bond donors (Lipinski definition) is 1. The second-order valence-electron chi connectivity index (χ2n) is 4.26. The van der Waals surface area contributed by atoms with Crippen molar-refractivity contribution in [3.8, 4) is 0 Å². The molecule has 2 N–H and O–H groups in total. The molecule has 0 spiro atoms. The third-order valence-electron chi connectivity index (χ3n) is 3.02. The maximum Gasteiger partial charge on any atom is 0.125 e. The maximum atomic E-state index is 13.1. The fourth-order valence-corrected chi connectivity index (χ4v) is 2.21. The first-order chi connectivity index (χ1) is 7.70. The summed E-state index contributed by atoms with van der Waals surface area (Å²) < 4.78 is 18.3. The van der Waals surface area contributed by atoms with Crippen molar-refractivity contribution in [2.75, 3.05) is 37.4 Å². The monoisotopic (exact) mass is 224 g/mol. The van der Waals surface area contributed by atoms with Gasteiger partial charge in [0.1, 0.15) is 5.82 Å². The van der Waals surface area contributed by atoms with Gasteiger partial charge in [0.05, 0.1) is 18.0 Å². The number of benzene rings is 1. The minimum atomic E-state index is -0.237. The summed E-state index contributed by atoms with van der Waals surface area (Å²) >= 11 is 0. The van der Waals surface area contributed by atoms with Crippen molar-refractivity contribution in [3.05, 3.63) is 24.0 Å². The highest BCUT2D eigenvalue weighted by Crippen LogP contribution is 2.29. The molecular formula is C12H17FN2O. The van der Waals surface area contributed by atoms with E-state index in [9.17, 15) is 4.39 Å². The molecule has 1 unspecified atom stereocenters. The molecule has 3 nitrogen and oxygen atoms in total. The molecule has 1 aromatic rings. The largest absolute Gasteiger partial charge is 0.397 e. The summed E-state index contributed by atoms with van der Waals surface area (Å²) in [7, 11) is 1.71. The fourth-order valence-electron chi connectivity index (χ4n) is 2.21. The topological polar surface area (TPSA) is 38.5 Å². The minimum Gasteiger partial charge on any atom is -0.397 e. The van der Waals surface area contributed by atoms with E-state index in [1.54, 1.807) is 13.2 Å². The van der Waals surface area contributed by atoms with Crippen LogP contribution in [0.5, 0.6) is 0 Å². The van der Waals surface area contributed by atoms with Crippen molar-refractivity contribution in [1.29, 1.82) is 0 Å². The van der Waals surface area contributed by atoms with Crippen LogP contribution in [0.2, 0.25) is 0 Å². The van der Waals surface area contributed by atoms with Gasteiger partial charge in [-0.15, -0.1) is 0 Å². The predicted octanol–water partition coefficient (Wildman–Crippen LogP) is 1.88. The van der Waals surface area contributed by atoms with Crippen LogP contribution in [0.3, 0.4) is 0 Å². The molecule has 0 saturated carbocycles. The second-order valence-corrected chi connectivity index (χ2v) is 4.26. The van der Waals surface area contributed by atoms with E-state index in [0.717, 1.165) is 31.8 Å². The average Bonchev–Trinajstić information content (AvgIpc) is 2.71. The number of halogens is 1. The van der Waals surface area contributed by atoms with Crippen molar-refractivity contribution in [1.82, 2.24) is 0 Å². The van der Waals surface area contributed by atoms with Crippen LogP contribution in [0.25, 0.3) is 0 Å². The highest BCUT2D eigenvalue weighted by Gasteiger charge is 2.23. The van der Waals surface area contributed by atoms with Gasteiger partial charge in [-0.1, -0.05) is 0 Å². The van der Waals surface area contributed by atoms with E-state index in [2.05, 4.69) is 4.90 Å². The van der Waals surface area contributed by atoms with Crippen molar-refractivity contribution >= 4 is 11.4 Å². The SMILES string of the molecule is COCC1CCN(c2cc(F)ccc2N)C1. The van der Waals surface area contributed by atoms with Gasteiger partial charge >= 0.3 is 0 Å². The summed E-state index contributed by atoms with van der Waals surface area (Å²) in [5.74, 6) is 0.284. The van der Waals surface area contributed by atoms with Gasteiger partial charge in [0.25, 0.3) is 0 Å². The molecule has 1 aliphatic heterocycles. The Labute approximate surface area is 95.0 Å². The Balaban J connectivity index is 2.11. The van der Waals surface area contributed by atoms with E-state index in [1.807, 2.05) is 0 Å². The smallest absolute Gasteiger partial charge is 0.125 e. The van der Waals surface area contributed by atoms with E-state index < -0.39 is 0 Å². The molecule has 0 radical (unpaired) electrons. The highest BCUT2D eigenvalue weighted by molar-refractivity contribution is 5.67. The molecule has 0 aliphatic carbocycles. The second kappa shape index (κ2) is 4.70. The highest BCUT2D eigenvalue weighted by atomic mass is 19.1. The summed E-state index contributed by atoms with van der Waals surface area (Å²) in [6, 6.07) is 4.51. The van der Waals surface area contributed by atoms with Crippen LogP contribution < -0.4 is 10.6 Å². The Hall–Kier alpha value is -1.29. The van der Waals surface area contributed by atoms with E-state index in [4.69, 9.17) is 10.5 Å². The first kappa shape index (κ1) is 11.2.